The average Bonchev–Trinajstić information content (AvgIpc) is 3.32. The number of thiazole rings is 1. The topological polar surface area (TPSA) is 79.4 Å². The number of imide groups is 1. The lowest BCUT2D eigenvalue weighted by Crippen LogP contribution is -2.34. The van der Waals surface area contributed by atoms with Crippen LogP contribution in [0.25, 0.3) is 11.3 Å². The number of anilines is 1. The van der Waals surface area contributed by atoms with E-state index in [0.717, 1.165) is 36.9 Å². The number of aromatic nitrogens is 1. The number of nitrogens with one attached hydrogen (secondary N) is 1. The molecule has 2 aliphatic rings. The van der Waals surface area contributed by atoms with Crippen molar-refractivity contribution in [2.24, 2.45) is 11.8 Å². The molecule has 0 bridgehead atoms. The van der Waals surface area contributed by atoms with Gasteiger partial charge in [0.25, 0.3) is 0 Å². The first-order chi connectivity index (χ1) is 13.4. The van der Waals surface area contributed by atoms with Gasteiger partial charge in [-0.3, -0.25) is 19.3 Å². The molecule has 1 saturated carbocycles. The van der Waals surface area contributed by atoms with Crippen LogP contribution in [0.1, 0.15) is 41.9 Å². The van der Waals surface area contributed by atoms with Crippen molar-refractivity contribution in [2.75, 3.05) is 11.9 Å². The highest BCUT2D eigenvalue weighted by Gasteiger charge is 2.47. The van der Waals surface area contributed by atoms with Gasteiger partial charge in [-0.1, -0.05) is 12.8 Å². The summed E-state index contributed by atoms with van der Waals surface area (Å²) in [4.78, 5) is 45.5. The van der Waals surface area contributed by atoms with Gasteiger partial charge in [0.1, 0.15) is 0 Å². The van der Waals surface area contributed by atoms with Crippen LogP contribution >= 0.6 is 22.7 Å². The van der Waals surface area contributed by atoms with E-state index in [-0.39, 0.29) is 42.5 Å². The maximum atomic E-state index is 12.5. The van der Waals surface area contributed by atoms with Crippen molar-refractivity contribution in [2.45, 2.75) is 46.0 Å². The molecule has 2 aromatic rings. The lowest BCUT2D eigenvalue weighted by atomic mass is 9.81. The van der Waals surface area contributed by atoms with E-state index in [4.69, 9.17) is 0 Å². The molecule has 2 aromatic heterocycles. The summed E-state index contributed by atoms with van der Waals surface area (Å²) in [5.41, 5.74) is 1.95. The minimum Gasteiger partial charge on any atom is -0.302 e. The number of amides is 3. The number of carbonyl (C=O) groups is 3. The normalized spacial score (nSPS) is 21.9. The Bertz CT molecular complexity index is 909. The predicted molar refractivity (Wildman–Crippen MR) is 110 cm³/mol. The molecular formula is C20H23N3O3S2. The summed E-state index contributed by atoms with van der Waals surface area (Å²) < 4.78 is 0. The van der Waals surface area contributed by atoms with Gasteiger partial charge < -0.3 is 5.32 Å². The smallest absolute Gasteiger partial charge is 0.233 e. The Balaban J connectivity index is 1.35. The van der Waals surface area contributed by atoms with E-state index in [2.05, 4.69) is 30.2 Å². The van der Waals surface area contributed by atoms with E-state index in [1.54, 1.807) is 11.3 Å². The van der Waals surface area contributed by atoms with E-state index in [0.29, 0.717) is 5.13 Å². The Morgan fingerprint density at radius 3 is 2.50 bits per heavy atom. The van der Waals surface area contributed by atoms with E-state index in [1.165, 1.54) is 26.0 Å². The Hall–Kier alpha value is -2.06. The van der Waals surface area contributed by atoms with Crippen LogP contribution in [-0.2, 0) is 14.4 Å². The van der Waals surface area contributed by atoms with Crippen molar-refractivity contribution in [3.05, 3.63) is 21.2 Å². The van der Waals surface area contributed by atoms with Gasteiger partial charge in [0.2, 0.25) is 17.7 Å². The van der Waals surface area contributed by atoms with Crippen LogP contribution in [0.2, 0.25) is 0 Å². The van der Waals surface area contributed by atoms with Gasteiger partial charge in [0.05, 0.1) is 17.5 Å². The summed E-state index contributed by atoms with van der Waals surface area (Å²) in [6.07, 6.45) is 3.69. The molecule has 2 fully saturated rings. The van der Waals surface area contributed by atoms with Crippen molar-refractivity contribution in [3.8, 4) is 11.3 Å². The second-order valence-corrected chi connectivity index (χ2v) is 9.81. The molecule has 28 heavy (non-hydrogen) atoms. The maximum absolute atomic E-state index is 12.5. The number of carbonyl (C=O) groups excluding carboxylic acids is 3. The number of likely N-dealkylation sites (tertiary alicyclic amines) is 1. The van der Waals surface area contributed by atoms with Gasteiger partial charge in [-0.2, -0.15) is 0 Å². The number of hydrogen-bond acceptors (Lipinski definition) is 6. The average molecular weight is 418 g/mol. The van der Waals surface area contributed by atoms with E-state index < -0.39 is 0 Å². The first kappa shape index (κ1) is 19.3. The monoisotopic (exact) mass is 417 g/mol. The molecule has 0 radical (unpaired) electrons. The second kappa shape index (κ2) is 7.75. The number of fused-ring (bicyclic) bond motifs is 1. The third-order valence-electron chi connectivity index (χ3n) is 5.56. The summed E-state index contributed by atoms with van der Waals surface area (Å²) in [6, 6.07) is 2.10. The zero-order chi connectivity index (χ0) is 19.8. The summed E-state index contributed by atoms with van der Waals surface area (Å²) in [5.74, 6) is -0.745. The van der Waals surface area contributed by atoms with Crippen LogP contribution in [-0.4, -0.2) is 34.2 Å². The van der Waals surface area contributed by atoms with Gasteiger partial charge in [-0.05, 0) is 32.8 Å². The molecule has 8 heteroatoms. The Kier molecular flexibility index (Phi) is 5.33. The third-order valence-corrected chi connectivity index (χ3v) is 7.29. The molecular weight excluding hydrogens is 394 g/mol. The fraction of sp³-hybridized carbons (Fsp3) is 0.500. The van der Waals surface area contributed by atoms with E-state index >= 15 is 0 Å². The molecule has 0 aromatic carbocycles. The highest BCUT2D eigenvalue weighted by molar-refractivity contribution is 7.14. The first-order valence-electron chi connectivity index (χ1n) is 9.62. The molecule has 1 aliphatic heterocycles. The van der Waals surface area contributed by atoms with Crippen LogP contribution < -0.4 is 5.32 Å². The molecule has 0 spiro atoms. The second-order valence-electron chi connectivity index (χ2n) is 7.49. The van der Waals surface area contributed by atoms with Gasteiger partial charge in [0, 0.05) is 33.7 Å². The zero-order valence-electron chi connectivity index (χ0n) is 16.0. The third kappa shape index (κ3) is 3.63. The maximum Gasteiger partial charge on any atom is 0.233 e. The van der Waals surface area contributed by atoms with Gasteiger partial charge >= 0.3 is 0 Å². The minimum atomic E-state index is -0.227. The van der Waals surface area contributed by atoms with Crippen LogP contribution in [0.15, 0.2) is 11.4 Å². The molecule has 1 N–H and O–H groups in total. The summed E-state index contributed by atoms with van der Waals surface area (Å²) >= 11 is 3.11. The molecule has 2 atom stereocenters. The molecule has 2 unspecified atom stereocenters. The summed E-state index contributed by atoms with van der Waals surface area (Å²) in [5, 5.41) is 5.27. The SMILES string of the molecule is Cc1cc(-c2csc(NC(=O)CCN3C(=O)C4CCCCC4C3=O)n2)c(C)s1. The van der Waals surface area contributed by atoms with E-state index in [9.17, 15) is 14.4 Å². The molecule has 3 amide bonds. The van der Waals surface area contributed by atoms with Gasteiger partial charge in [-0.15, -0.1) is 22.7 Å². The van der Waals surface area contributed by atoms with Crippen LogP contribution in [0.4, 0.5) is 5.13 Å². The van der Waals surface area contributed by atoms with Crippen molar-refractivity contribution < 1.29 is 14.4 Å². The van der Waals surface area contributed by atoms with Gasteiger partial charge in [0.15, 0.2) is 5.13 Å². The van der Waals surface area contributed by atoms with E-state index in [1.807, 2.05) is 5.38 Å². The highest BCUT2D eigenvalue weighted by Crippen LogP contribution is 2.38. The number of thiophene rings is 1. The zero-order valence-corrected chi connectivity index (χ0v) is 17.6. The van der Waals surface area contributed by atoms with Crippen molar-refractivity contribution in [1.29, 1.82) is 0 Å². The lowest BCUT2D eigenvalue weighted by Gasteiger charge is -2.19. The molecule has 3 heterocycles. The first-order valence-corrected chi connectivity index (χ1v) is 11.3. The van der Waals surface area contributed by atoms with Crippen molar-refractivity contribution in [1.82, 2.24) is 9.88 Å². The molecule has 148 valence electrons. The lowest BCUT2D eigenvalue weighted by molar-refractivity contribution is -0.140. The van der Waals surface area contributed by atoms with Crippen molar-refractivity contribution in [3.63, 3.8) is 0 Å². The highest BCUT2D eigenvalue weighted by atomic mass is 32.1. The van der Waals surface area contributed by atoms with Crippen molar-refractivity contribution >= 4 is 45.5 Å². The Morgan fingerprint density at radius 2 is 1.89 bits per heavy atom. The number of rotatable bonds is 5. The number of hydrogen-bond donors (Lipinski definition) is 1. The predicted octanol–water partition coefficient (Wildman–Crippen LogP) is 3.99. The fourth-order valence-corrected chi connectivity index (χ4v) is 5.85. The molecule has 6 nitrogen and oxygen atoms in total. The minimum absolute atomic E-state index is 0.0951. The van der Waals surface area contributed by atoms with Crippen LogP contribution in [0, 0.1) is 25.7 Å². The van der Waals surface area contributed by atoms with Crippen LogP contribution in [0.3, 0.4) is 0 Å². The molecule has 1 saturated heterocycles. The summed E-state index contributed by atoms with van der Waals surface area (Å²) in [7, 11) is 0. The molecule has 4 rings (SSSR count). The van der Waals surface area contributed by atoms with Crippen LogP contribution in [0.5, 0.6) is 0 Å². The molecule has 1 aliphatic carbocycles. The Morgan fingerprint density at radius 1 is 1.21 bits per heavy atom. The fourth-order valence-electron chi connectivity index (χ4n) is 4.19. The summed E-state index contributed by atoms with van der Waals surface area (Å²) in [6.45, 7) is 4.27. The van der Waals surface area contributed by atoms with Gasteiger partial charge in [-0.25, -0.2) is 4.98 Å². The standard InChI is InChI=1S/C20H23N3O3S2/c1-11-9-15(12(2)28-11)16-10-27-20(21-16)22-17(24)7-8-23-18(25)13-5-3-4-6-14(13)19(23)26/h9-10,13-14H,3-8H2,1-2H3,(H,21,22,24). The number of nitrogens with zero attached hydrogens (tertiary/aromatic N) is 2. The largest absolute Gasteiger partial charge is 0.302 e. The Labute approximate surface area is 172 Å². The number of aryl methyl sites for hydroxylation is 2. The quantitative estimate of drug-likeness (QED) is 0.746.